The van der Waals surface area contributed by atoms with Crippen LogP contribution in [0.5, 0.6) is 0 Å². The predicted molar refractivity (Wildman–Crippen MR) is 132 cm³/mol. The molecule has 34 heavy (non-hydrogen) atoms. The maximum absolute atomic E-state index is 14.3. The number of nitrogens with zero attached hydrogens (tertiary/aromatic N) is 4. The van der Waals surface area contributed by atoms with Crippen molar-refractivity contribution in [2.75, 3.05) is 4.90 Å². The van der Waals surface area contributed by atoms with E-state index < -0.39 is 11.7 Å². The van der Waals surface area contributed by atoms with Crippen molar-refractivity contribution in [2.45, 2.75) is 32.6 Å². The van der Waals surface area contributed by atoms with Crippen LogP contribution < -0.4 is 4.90 Å². The number of aromatic nitrogens is 2. The fraction of sp³-hybridized carbons (Fsp3) is 0.222. The minimum Gasteiger partial charge on any atom is -0.309 e. The van der Waals surface area contributed by atoms with Gasteiger partial charge >= 0.3 is 0 Å². The van der Waals surface area contributed by atoms with E-state index in [-0.39, 0.29) is 11.2 Å². The first-order valence-electron chi connectivity index (χ1n) is 11.0. The molecule has 0 N–H and O–H groups in total. The van der Waals surface area contributed by atoms with Gasteiger partial charge in [0.1, 0.15) is 17.5 Å². The molecule has 0 radical (unpaired) electrons. The molecule has 1 unspecified atom stereocenters. The molecule has 3 aromatic rings. The lowest BCUT2D eigenvalue weighted by atomic mass is 9.68. The summed E-state index contributed by atoms with van der Waals surface area (Å²) in [6.07, 6.45) is 6.40. The molecule has 1 aliphatic heterocycles. The number of carbonyl (C=O) groups is 1. The highest BCUT2D eigenvalue weighted by Gasteiger charge is 2.45. The summed E-state index contributed by atoms with van der Waals surface area (Å²) < 4.78 is 17.0. The molecule has 1 atom stereocenters. The van der Waals surface area contributed by atoms with Crippen LogP contribution in [0.1, 0.15) is 38.2 Å². The van der Waals surface area contributed by atoms with E-state index >= 15 is 0 Å². The Bertz CT molecular complexity index is 1380. The molecule has 0 bridgehead atoms. The predicted octanol–water partition coefficient (Wildman–Crippen LogP) is 6.42. The van der Waals surface area contributed by atoms with Gasteiger partial charge in [0.05, 0.1) is 17.6 Å². The van der Waals surface area contributed by atoms with Gasteiger partial charge in [-0.15, -0.1) is 0 Å². The van der Waals surface area contributed by atoms with Crippen molar-refractivity contribution >= 4 is 33.4 Å². The summed E-state index contributed by atoms with van der Waals surface area (Å²) >= 11 is 3.44. The molecule has 3 heterocycles. The summed E-state index contributed by atoms with van der Waals surface area (Å²) in [5.74, 6) is 0.113. The number of anilines is 1. The second-order valence-corrected chi connectivity index (χ2v) is 10.3. The zero-order chi connectivity index (χ0) is 24.0. The molecule has 7 heteroatoms. The molecular formula is C27H22BrFN4O. The maximum Gasteiger partial charge on any atom is 0.162 e. The number of benzene rings is 1. The molecule has 0 saturated carbocycles. The van der Waals surface area contributed by atoms with E-state index in [1.54, 1.807) is 18.3 Å². The van der Waals surface area contributed by atoms with Crippen LogP contribution in [-0.2, 0) is 4.79 Å². The number of Topliss-reactive ketones (excluding diaryl/α,β-unsaturated/α-hetero) is 1. The third-order valence-corrected chi connectivity index (χ3v) is 6.76. The Kier molecular flexibility index (Phi) is 5.49. The number of nitriles is 1. The average Bonchev–Trinajstić information content (AvgIpc) is 3.32. The maximum atomic E-state index is 14.3. The van der Waals surface area contributed by atoms with Crippen LogP contribution >= 0.6 is 15.9 Å². The number of carbonyl (C=O) groups excluding carboxylic acids is 1. The molecule has 170 valence electrons. The minimum atomic E-state index is -0.664. The molecule has 1 aliphatic carbocycles. The summed E-state index contributed by atoms with van der Waals surface area (Å²) in [6.45, 7) is 4.13. The van der Waals surface area contributed by atoms with Crippen LogP contribution in [-0.4, -0.2) is 15.3 Å². The second-order valence-electron chi connectivity index (χ2n) is 9.40. The topological polar surface area (TPSA) is 61.9 Å². The number of hydrogen-bond acceptors (Lipinski definition) is 4. The summed E-state index contributed by atoms with van der Waals surface area (Å²) in [6, 6.07) is 16.1. The number of pyridine rings is 1. The highest BCUT2D eigenvalue weighted by atomic mass is 79.9. The van der Waals surface area contributed by atoms with Gasteiger partial charge in [0.15, 0.2) is 5.78 Å². The van der Waals surface area contributed by atoms with Gasteiger partial charge in [-0.05, 0) is 69.7 Å². The fourth-order valence-electron chi connectivity index (χ4n) is 4.96. The lowest BCUT2D eigenvalue weighted by Crippen LogP contribution is -2.40. The smallest absolute Gasteiger partial charge is 0.162 e. The van der Waals surface area contributed by atoms with Crippen LogP contribution in [0, 0.1) is 22.6 Å². The van der Waals surface area contributed by atoms with Gasteiger partial charge in [-0.3, -0.25) is 9.69 Å². The highest BCUT2D eigenvalue weighted by molar-refractivity contribution is 9.10. The summed E-state index contributed by atoms with van der Waals surface area (Å²) in [5.41, 5.74) is 2.03. The van der Waals surface area contributed by atoms with E-state index in [1.165, 1.54) is 12.1 Å². The Morgan fingerprint density at radius 3 is 2.56 bits per heavy atom. The third-order valence-electron chi connectivity index (χ3n) is 6.29. The molecule has 0 saturated heterocycles. The molecule has 0 fully saturated rings. The van der Waals surface area contributed by atoms with Crippen molar-refractivity contribution < 1.29 is 9.18 Å². The van der Waals surface area contributed by atoms with E-state index in [0.29, 0.717) is 41.2 Å². The van der Waals surface area contributed by atoms with Crippen LogP contribution in [0.3, 0.4) is 0 Å². The van der Waals surface area contributed by atoms with Crippen molar-refractivity contribution in [3.8, 4) is 6.07 Å². The van der Waals surface area contributed by atoms with E-state index in [0.717, 1.165) is 10.2 Å². The van der Waals surface area contributed by atoms with Crippen molar-refractivity contribution in [3.05, 3.63) is 99.8 Å². The van der Waals surface area contributed by atoms with Gasteiger partial charge in [-0.1, -0.05) is 26.0 Å². The normalized spacial score (nSPS) is 19.8. The van der Waals surface area contributed by atoms with Crippen molar-refractivity contribution in [2.24, 2.45) is 5.41 Å². The summed E-state index contributed by atoms with van der Waals surface area (Å²) in [4.78, 5) is 20.2. The highest BCUT2D eigenvalue weighted by Crippen LogP contribution is 2.51. The molecule has 0 spiro atoms. The lowest BCUT2D eigenvalue weighted by molar-refractivity contribution is -0.118. The number of rotatable bonds is 3. The van der Waals surface area contributed by atoms with Crippen molar-refractivity contribution in [1.29, 1.82) is 5.26 Å². The third kappa shape index (κ3) is 3.78. The first-order chi connectivity index (χ1) is 16.3. The number of hydrogen-bond donors (Lipinski definition) is 0. The van der Waals surface area contributed by atoms with Crippen LogP contribution in [0.25, 0.3) is 5.82 Å². The monoisotopic (exact) mass is 516 g/mol. The van der Waals surface area contributed by atoms with Crippen LogP contribution in [0.2, 0.25) is 0 Å². The van der Waals surface area contributed by atoms with E-state index in [9.17, 15) is 14.4 Å². The Labute approximate surface area is 206 Å². The zero-order valence-corrected chi connectivity index (χ0v) is 20.4. The van der Waals surface area contributed by atoms with Crippen molar-refractivity contribution in [1.82, 2.24) is 9.55 Å². The molecule has 2 aliphatic rings. The summed E-state index contributed by atoms with van der Waals surface area (Å²) in [5, 5.41) is 10.4. The van der Waals surface area contributed by atoms with Gasteiger partial charge in [0.25, 0.3) is 0 Å². The standard InChI is InChI=1S/C27H22BrFN4O/c1-27(2)13-21-25(22(34)14-27)24(17-6-5-7-19(29)12-17)20(15-30)26(32-10-3-4-11-32)33(21)23-9-8-18(28)16-31-23/h3-12,16,24H,13-14H2,1-2H3. The van der Waals surface area contributed by atoms with Crippen molar-refractivity contribution in [3.63, 3.8) is 0 Å². The van der Waals surface area contributed by atoms with Gasteiger partial charge in [-0.2, -0.15) is 5.26 Å². The Morgan fingerprint density at radius 1 is 1.15 bits per heavy atom. The van der Waals surface area contributed by atoms with Crippen LogP contribution in [0.15, 0.2) is 88.4 Å². The molecule has 0 amide bonds. The first-order valence-corrected chi connectivity index (χ1v) is 11.8. The van der Waals surface area contributed by atoms with E-state index in [1.807, 2.05) is 46.1 Å². The zero-order valence-electron chi connectivity index (χ0n) is 18.8. The quantitative estimate of drug-likeness (QED) is 0.402. The lowest BCUT2D eigenvalue weighted by Gasteiger charge is -2.44. The summed E-state index contributed by atoms with van der Waals surface area (Å²) in [7, 11) is 0. The Balaban J connectivity index is 1.87. The number of halogens is 2. The SMILES string of the molecule is CC1(C)CC(=O)C2=C(C1)N(c1ccc(Br)cn1)C(n1cccc1)=C(C#N)C2c1cccc(F)c1. The van der Waals surface area contributed by atoms with E-state index in [4.69, 9.17) is 0 Å². The van der Waals surface area contributed by atoms with Gasteiger partial charge in [0.2, 0.25) is 0 Å². The Morgan fingerprint density at radius 2 is 1.91 bits per heavy atom. The number of ketones is 1. The Hall–Kier alpha value is -3.50. The molecule has 1 aromatic carbocycles. The number of allylic oxidation sites excluding steroid dienone is 3. The fourth-order valence-corrected chi connectivity index (χ4v) is 5.20. The molecular weight excluding hydrogens is 495 g/mol. The largest absolute Gasteiger partial charge is 0.309 e. The molecule has 2 aromatic heterocycles. The first kappa shape index (κ1) is 22.3. The average molecular weight is 517 g/mol. The second kappa shape index (κ2) is 8.37. The van der Waals surface area contributed by atoms with E-state index in [2.05, 4.69) is 40.8 Å². The van der Waals surface area contributed by atoms with Gasteiger partial charge in [0, 0.05) is 40.8 Å². The minimum absolute atomic E-state index is 0.0260. The van der Waals surface area contributed by atoms with Crippen LogP contribution in [0.4, 0.5) is 10.2 Å². The molecule has 5 rings (SSSR count). The van der Waals surface area contributed by atoms with Gasteiger partial charge < -0.3 is 4.57 Å². The molecule has 5 nitrogen and oxygen atoms in total. The van der Waals surface area contributed by atoms with Gasteiger partial charge in [-0.25, -0.2) is 9.37 Å².